The summed E-state index contributed by atoms with van der Waals surface area (Å²) in [4.78, 5) is 0. The van der Waals surface area contributed by atoms with E-state index in [4.69, 9.17) is 10.5 Å². The molecule has 1 saturated heterocycles. The van der Waals surface area contributed by atoms with Crippen molar-refractivity contribution in [3.8, 4) is 0 Å². The lowest BCUT2D eigenvalue weighted by Crippen LogP contribution is -2.50. The van der Waals surface area contributed by atoms with Gasteiger partial charge in [-0.05, 0) is 12.8 Å². The molecule has 15 heavy (non-hydrogen) atoms. The molecule has 0 bridgehead atoms. The van der Waals surface area contributed by atoms with E-state index in [0.717, 1.165) is 12.8 Å². The Balaban J connectivity index is 2.45. The van der Waals surface area contributed by atoms with Crippen LogP contribution in [0, 0.1) is 0 Å². The summed E-state index contributed by atoms with van der Waals surface area (Å²) in [6, 6.07) is -0.0437. The molecule has 1 rings (SSSR count). The molecule has 1 fully saturated rings. The molecule has 0 radical (unpaired) electrons. The van der Waals surface area contributed by atoms with Crippen LogP contribution in [-0.2, 0) is 14.9 Å². The average Bonchev–Trinajstić information content (AvgIpc) is 2.18. The number of hydrogen-bond donors (Lipinski definition) is 2. The third-order valence-corrected chi connectivity index (χ3v) is 3.93. The van der Waals surface area contributed by atoms with Crippen LogP contribution < -0.4 is 10.5 Å². The largest absolute Gasteiger partial charge is 0.383 e. The molecule has 1 unspecified atom stereocenters. The molecule has 1 atom stereocenters. The maximum atomic E-state index is 11.7. The van der Waals surface area contributed by atoms with Gasteiger partial charge in [-0.1, -0.05) is 0 Å². The summed E-state index contributed by atoms with van der Waals surface area (Å²) in [7, 11) is -1.83. The maximum absolute atomic E-state index is 11.7. The summed E-state index contributed by atoms with van der Waals surface area (Å²) in [5.41, 5.74) is 5.72. The molecule has 3 N–H and O–H groups in total. The molecule has 0 amide bonds. The van der Waals surface area contributed by atoms with E-state index in [1.54, 1.807) is 0 Å². The summed E-state index contributed by atoms with van der Waals surface area (Å²) in [5.74, 6) is 0. The van der Waals surface area contributed by atoms with Crippen molar-refractivity contribution in [2.45, 2.75) is 18.9 Å². The minimum Gasteiger partial charge on any atom is -0.383 e. The quantitative estimate of drug-likeness (QED) is 0.594. The molecular formula is C8H19N3O3S. The van der Waals surface area contributed by atoms with Crippen LogP contribution in [0.1, 0.15) is 12.8 Å². The number of methoxy groups -OCH3 is 1. The fraction of sp³-hybridized carbons (Fsp3) is 1.00. The van der Waals surface area contributed by atoms with Gasteiger partial charge in [0.15, 0.2) is 0 Å². The molecular weight excluding hydrogens is 218 g/mol. The second-order valence-corrected chi connectivity index (χ2v) is 5.41. The average molecular weight is 237 g/mol. The predicted molar refractivity (Wildman–Crippen MR) is 57.6 cm³/mol. The molecule has 0 aliphatic carbocycles. The van der Waals surface area contributed by atoms with Crippen molar-refractivity contribution in [3.05, 3.63) is 0 Å². The van der Waals surface area contributed by atoms with Gasteiger partial charge in [-0.15, -0.1) is 0 Å². The number of piperidine rings is 1. The normalized spacial score (nSPS) is 24.3. The Bertz CT molecular complexity index is 281. The highest BCUT2D eigenvalue weighted by Crippen LogP contribution is 2.10. The Hall–Kier alpha value is -0.210. The van der Waals surface area contributed by atoms with Crippen molar-refractivity contribution in [1.29, 1.82) is 0 Å². The number of rotatable bonds is 5. The summed E-state index contributed by atoms with van der Waals surface area (Å²) in [5, 5.41) is 0. The molecule has 0 saturated carbocycles. The van der Waals surface area contributed by atoms with E-state index in [2.05, 4.69) is 4.72 Å². The highest BCUT2D eigenvalue weighted by Gasteiger charge is 2.26. The van der Waals surface area contributed by atoms with Gasteiger partial charge in [-0.3, -0.25) is 0 Å². The van der Waals surface area contributed by atoms with Crippen molar-refractivity contribution in [2.75, 3.05) is 33.4 Å². The topological polar surface area (TPSA) is 84.7 Å². The minimum atomic E-state index is -3.37. The van der Waals surface area contributed by atoms with E-state index < -0.39 is 10.2 Å². The van der Waals surface area contributed by atoms with Crippen LogP contribution >= 0.6 is 0 Å². The van der Waals surface area contributed by atoms with Crippen LogP contribution in [0.2, 0.25) is 0 Å². The monoisotopic (exact) mass is 237 g/mol. The van der Waals surface area contributed by atoms with E-state index >= 15 is 0 Å². The molecule has 0 aromatic rings. The predicted octanol–water partition coefficient (Wildman–Crippen LogP) is -1.11. The van der Waals surface area contributed by atoms with Gasteiger partial charge in [0.1, 0.15) is 0 Å². The van der Waals surface area contributed by atoms with E-state index in [0.29, 0.717) is 26.2 Å². The van der Waals surface area contributed by atoms with Crippen molar-refractivity contribution in [2.24, 2.45) is 5.73 Å². The molecule has 1 aliphatic rings. The van der Waals surface area contributed by atoms with E-state index in [9.17, 15) is 8.42 Å². The number of ether oxygens (including phenoxy) is 1. The van der Waals surface area contributed by atoms with Crippen molar-refractivity contribution in [3.63, 3.8) is 0 Å². The number of nitrogens with two attached hydrogens (primary N) is 1. The second-order valence-electron chi connectivity index (χ2n) is 3.65. The van der Waals surface area contributed by atoms with E-state index in [-0.39, 0.29) is 6.04 Å². The molecule has 0 aromatic heterocycles. The number of hydrogen-bond acceptors (Lipinski definition) is 4. The van der Waals surface area contributed by atoms with E-state index in [1.165, 1.54) is 11.4 Å². The van der Waals surface area contributed by atoms with Gasteiger partial charge in [0.05, 0.1) is 6.61 Å². The van der Waals surface area contributed by atoms with Crippen LogP contribution in [0.5, 0.6) is 0 Å². The number of nitrogens with zero attached hydrogens (tertiary/aromatic N) is 1. The van der Waals surface area contributed by atoms with Gasteiger partial charge in [0.25, 0.3) is 10.2 Å². The minimum absolute atomic E-state index is 0.0437. The lowest BCUT2D eigenvalue weighted by Gasteiger charge is -2.29. The Labute approximate surface area is 90.9 Å². The molecule has 1 heterocycles. The first-order valence-corrected chi connectivity index (χ1v) is 6.49. The first-order chi connectivity index (χ1) is 7.06. The Kier molecular flexibility index (Phi) is 4.94. The third-order valence-electron chi connectivity index (χ3n) is 2.35. The van der Waals surface area contributed by atoms with Crippen molar-refractivity contribution < 1.29 is 13.2 Å². The molecule has 1 aliphatic heterocycles. The smallest absolute Gasteiger partial charge is 0.279 e. The van der Waals surface area contributed by atoms with Gasteiger partial charge >= 0.3 is 0 Å². The van der Waals surface area contributed by atoms with Crippen LogP contribution in [-0.4, -0.2) is 52.1 Å². The lowest BCUT2D eigenvalue weighted by molar-refractivity contribution is 0.203. The SMILES string of the molecule is COCCNS(=O)(=O)N1CCCC(N)C1. The molecule has 90 valence electrons. The second kappa shape index (κ2) is 5.76. The fourth-order valence-electron chi connectivity index (χ4n) is 1.56. The van der Waals surface area contributed by atoms with Crippen molar-refractivity contribution >= 4 is 10.2 Å². The Morgan fingerprint density at radius 2 is 2.33 bits per heavy atom. The third kappa shape index (κ3) is 4.04. The van der Waals surface area contributed by atoms with Gasteiger partial charge in [-0.2, -0.15) is 17.4 Å². The zero-order valence-electron chi connectivity index (χ0n) is 8.98. The Morgan fingerprint density at radius 3 is 2.93 bits per heavy atom. The highest BCUT2D eigenvalue weighted by molar-refractivity contribution is 7.87. The van der Waals surface area contributed by atoms with Crippen LogP contribution in [0.3, 0.4) is 0 Å². The van der Waals surface area contributed by atoms with Crippen LogP contribution in [0.15, 0.2) is 0 Å². The summed E-state index contributed by atoms with van der Waals surface area (Å²) < 4.78 is 32.1. The summed E-state index contributed by atoms with van der Waals surface area (Å²) in [6.07, 6.45) is 1.72. The maximum Gasteiger partial charge on any atom is 0.279 e. The van der Waals surface area contributed by atoms with Gasteiger partial charge < -0.3 is 10.5 Å². The standard InChI is InChI=1S/C8H19N3O3S/c1-14-6-4-10-15(12,13)11-5-2-3-8(9)7-11/h8,10H,2-7,9H2,1H3. The fourth-order valence-corrected chi connectivity index (χ4v) is 2.84. The van der Waals surface area contributed by atoms with Crippen LogP contribution in [0.4, 0.5) is 0 Å². The first-order valence-electron chi connectivity index (χ1n) is 5.05. The molecule has 0 aromatic carbocycles. The first kappa shape index (κ1) is 12.9. The van der Waals surface area contributed by atoms with Gasteiger partial charge in [0, 0.05) is 32.8 Å². The summed E-state index contributed by atoms with van der Waals surface area (Å²) >= 11 is 0. The Morgan fingerprint density at radius 1 is 1.60 bits per heavy atom. The van der Waals surface area contributed by atoms with E-state index in [1.807, 2.05) is 0 Å². The molecule has 7 heteroatoms. The summed E-state index contributed by atoms with van der Waals surface area (Å²) in [6.45, 7) is 1.63. The van der Waals surface area contributed by atoms with Gasteiger partial charge in [0.2, 0.25) is 0 Å². The molecule has 6 nitrogen and oxygen atoms in total. The lowest BCUT2D eigenvalue weighted by atomic mass is 10.1. The zero-order valence-corrected chi connectivity index (χ0v) is 9.79. The van der Waals surface area contributed by atoms with Crippen molar-refractivity contribution in [1.82, 2.24) is 9.03 Å². The highest BCUT2D eigenvalue weighted by atomic mass is 32.2. The van der Waals surface area contributed by atoms with Crippen LogP contribution in [0.25, 0.3) is 0 Å². The zero-order chi connectivity index (χ0) is 11.3. The number of nitrogens with one attached hydrogen (secondary N) is 1. The van der Waals surface area contributed by atoms with Gasteiger partial charge in [-0.25, -0.2) is 0 Å². The molecule has 0 spiro atoms.